The highest BCUT2D eigenvalue weighted by Gasteiger charge is 2.17. The molecule has 1 saturated heterocycles. The number of piperidine rings is 1. The van der Waals surface area contributed by atoms with Crippen LogP contribution in [0.1, 0.15) is 48.9 Å². The highest BCUT2D eigenvalue weighted by molar-refractivity contribution is 5.91. The number of carbonyl (C=O) groups excluding carboxylic acids is 1. The molecule has 106 valence electrons. The molecule has 5 heteroatoms. The van der Waals surface area contributed by atoms with E-state index in [1.165, 1.54) is 25.8 Å². The fraction of sp³-hybridized carbons (Fsp3) is 0.714. The lowest BCUT2D eigenvalue weighted by molar-refractivity contribution is 0.0912. The Morgan fingerprint density at radius 2 is 2.42 bits per heavy atom. The molecule has 1 unspecified atom stereocenters. The van der Waals surface area contributed by atoms with Crippen molar-refractivity contribution >= 4 is 5.91 Å². The molecule has 1 fully saturated rings. The SMILES string of the molecule is Cc1cc(C(=O)NCCCN2CCCCC2C)on1. The summed E-state index contributed by atoms with van der Waals surface area (Å²) in [4.78, 5) is 14.2. The van der Waals surface area contributed by atoms with Crippen LogP contribution >= 0.6 is 0 Å². The monoisotopic (exact) mass is 265 g/mol. The largest absolute Gasteiger partial charge is 0.351 e. The first-order valence-electron chi connectivity index (χ1n) is 7.12. The average Bonchev–Trinajstić information content (AvgIpc) is 2.83. The number of amides is 1. The molecule has 1 aliphatic rings. The number of hydrogen-bond donors (Lipinski definition) is 1. The van der Waals surface area contributed by atoms with Crippen LogP contribution in [0.15, 0.2) is 10.6 Å². The third kappa shape index (κ3) is 4.06. The van der Waals surface area contributed by atoms with E-state index in [9.17, 15) is 4.79 Å². The molecule has 19 heavy (non-hydrogen) atoms. The van der Waals surface area contributed by atoms with Gasteiger partial charge in [-0.3, -0.25) is 4.79 Å². The van der Waals surface area contributed by atoms with E-state index in [0.717, 1.165) is 18.7 Å². The number of carbonyl (C=O) groups is 1. The molecule has 0 radical (unpaired) electrons. The number of aromatic nitrogens is 1. The molecule has 0 spiro atoms. The molecular formula is C14H23N3O2. The zero-order valence-corrected chi connectivity index (χ0v) is 11.8. The zero-order chi connectivity index (χ0) is 13.7. The van der Waals surface area contributed by atoms with E-state index in [-0.39, 0.29) is 5.91 Å². The first-order chi connectivity index (χ1) is 9.16. The Morgan fingerprint density at radius 1 is 1.58 bits per heavy atom. The van der Waals surface area contributed by atoms with Crippen molar-refractivity contribution in [3.05, 3.63) is 17.5 Å². The summed E-state index contributed by atoms with van der Waals surface area (Å²) >= 11 is 0. The Bertz CT molecular complexity index is 417. The van der Waals surface area contributed by atoms with Gasteiger partial charge in [0.15, 0.2) is 0 Å². The van der Waals surface area contributed by atoms with Gasteiger partial charge < -0.3 is 14.7 Å². The van der Waals surface area contributed by atoms with Crippen LogP contribution in [0, 0.1) is 6.92 Å². The first kappa shape index (κ1) is 14.1. The van der Waals surface area contributed by atoms with Gasteiger partial charge in [-0.05, 0) is 39.7 Å². The maximum Gasteiger partial charge on any atom is 0.289 e. The van der Waals surface area contributed by atoms with Gasteiger partial charge >= 0.3 is 0 Å². The minimum atomic E-state index is -0.174. The van der Waals surface area contributed by atoms with E-state index in [4.69, 9.17) is 4.52 Å². The summed E-state index contributed by atoms with van der Waals surface area (Å²) in [5, 5.41) is 6.57. The predicted octanol–water partition coefficient (Wildman–Crippen LogP) is 1.98. The molecule has 1 aliphatic heterocycles. The number of aryl methyl sites for hydroxylation is 1. The van der Waals surface area contributed by atoms with Crippen LogP contribution in [-0.2, 0) is 0 Å². The Labute approximate surface area is 114 Å². The molecule has 0 aromatic carbocycles. The lowest BCUT2D eigenvalue weighted by Crippen LogP contribution is -2.39. The van der Waals surface area contributed by atoms with Crippen molar-refractivity contribution in [3.8, 4) is 0 Å². The van der Waals surface area contributed by atoms with Crippen LogP contribution in [0.2, 0.25) is 0 Å². The molecular weight excluding hydrogens is 242 g/mol. The number of hydrogen-bond acceptors (Lipinski definition) is 4. The second-order valence-corrected chi connectivity index (χ2v) is 5.32. The molecule has 1 aromatic heterocycles. The number of likely N-dealkylation sites (tertiary alicyclic amines) is 1. The van der Waals surface area contributed by atoms with Crippen molar-refractivity contribution in [2.45, 2.75) is 45.6 Å². The van der Waals surface area contributed by atoms with E-state index < -0.39 is 0 Å². The van der Waals surface area contributed by atoms with Crippen LogP contribution in [0.4, 0.5) is 0 Å². The van der Waals surface area contributed by atoms with Crippen LogP contribution in [0.25, 0.3) is 0 Å². The summed E-state index contributed by atoms with van der Waals surface area (Å²) in [6.45, 7) is 7.02. The van der Waals surface area contributed by atoms with Gasteiger partial charge in [-0.2, -0.15) is 0 Å². The molecule has 0 aliphatic carbocycles. The van der Waals surface area contributed by atoms with E-state index >= 15 is 0 Å². The lowest BCUT2D eigenvalue weighted by atomic mass is 10.0. The normalized spacial score (nSPS) is 20.4. The van der Waals surface area contributed by atoms with E-state index in [1.807, 2.05) is 0 Å². The molecule has 1 N–H and O–H groups in total. The number of rotatable bonds is 5. The van der Waals surface area contributed by atoms with Crippen LogP contribution in [0.5, 0.6) is 0 Å². The maximum absolute atomic E-state index is 11.7. The van der Waals surface area contributed by atoms with Gasteiger partial charge in [0.2, 0.25) is 5.76 Å². The lowest BCUT2D eigenvalue weighted by Gasteiger charge is -2.33. The van der Waals surface area contributed by atoms with Gasteiger partial charge in [-0.25, -0.2) is 0 Å². The molecule has 1 aromatic rings. The van der Waals surface area contributed by atoms with Crippen molar-refractivity contribution in [1.29, 1.82) is 0 Å². The Balaban J connectivity index is 1.65. The van der Waals surface area contributed by atoms with Gasteiger partial charge in [0.05, 0.1) is 5.69 Å². The maximum atomic E-state index is 11.7. The summed E-state index contributed by atoms with van der Waals surface area (Å²) in [5.41, 5.74) is 0.729. The average molecular weight is 265 g/mol. The van der Waals surface area contributed by atoms with Crippen molar-refractivity contribution in [1.82, 2.24) is 15.4 Å². The smallest absolute Gasteiger partial charge is 0.289 e. The Kier molecular flexibility index (Phi) is 4.96. The molecule has 1 amide bonds. The van der Waals surface area contributed by atoms with Gasteiger partial charge in [0.25, 0.3) is 5.91 Å². The summed E-state index contributed by atoms with van der Waals surface area (Å²) in [6, 6.07) is 2.34. The molecule has 5 nitrogen and oxygen atoms in total. The summed E-state index contributed by atoms with van der Waals surface area (Å²) < 4.78 is 4.92. The van der Waals surface area contributed by atoms with E-state index in [1.54, 1.807) is 13.0 Å². The standard InChI is InChI=1S/C14H23N3O2/c1-11-10-13(19-16-11)14(18)15-7-5-9-17-8-4-3-6-12(17)2/h10,12H,3-9H2,1-2H3,(H,15,18). The molecule has 2 rings (SSSR count). The van der Waals surface area contributed by atoms with Crippen molar-refractivity contribution < 1.29 is 9.32 Å². The highest BCUT2D eigenvalue weighted by Crippen LogP contribution is 2.16. The molecule has 0 bridgehead atoms. The van der Waals surface area contributed by atoms with Crippen molar-refractivity contribution in [2.75, 3.05) is 19.6 Å². The van der Waals surface area contributed by atoms with Crippen molar-refractivity contribution in [3.63, 3.8) is 0 Å². The Morgan fingerprint density at radius 3 is 3.11 bits per heavy atom. The van der Waals surface area contributed by atoms with Gasteiger partial charge in [-0.1, -0.05) is 11.6 Å². The van der Waals surface area contributed by atoms with E-state index in [0.29, 0.717) is 18.3 Å². The second-order valence-electron chi connectivity index (χ2n) is 5.32. The number of nitrogens with one attached hydrogen (secondary N) is 1. The van der Waals surface area contributed by atoms with Crippen LogP contribution in [0.3, 0.4) is 0 Å². The highest BCUT2D eigenvalue weighted by atomic mass is 16.5. The van der Waals surface area contributed by atoms with Crippen LogP contribution < -0.4 is 5.32 Å². The van der Waals surface area contributed by atoms with E-state index in [2.05, 4.69) is 22.3 Å². The number of nitrogens with zero attached hydrogens (tertiary/aromatic N) is 2. The molecule has 2 heterocycles. The predicted molar refractivity (Wildman–Crippen MR) is 73.1 cm³/mol. The summed E-state index contributed by atoms with van der Waals surface area (Å²) in [5.74, 6) is 0.121. The van der Waals surface area contributed by atoms with Gasteiger partial charge in [0.1, 0.15) is 0 Å². The van der Waals surface area contributed by atoms with Gasteiger partial charge in [-0.15, -0.1) is 0 Å². The quantitative estimate of drug-likeness (QED) is 0.827. The fourth-order valence-corrected chi connectivity index (χ4v) is 2.53. The summed E-state index contributed by atoms with van der Waals surface area (Å²) in [7, 11) is 0. The van der Waals surface area contributed by atoms with Crippen molar-refractivity contribution in [2.24, 2.45) is 0 Å². The topological polar surface area (TPSA) is 58.4 Å². The summed E-state index contributed by atoms with van der Waals surface area (Å²) in [6.07, 6.45) is 4.92. The second kappa shape index (κ2) is 6.70. The fourth-order valence-electron chi connectivity index (χ4n) is 2.53. The van der Waals surface area contributed by atoms with Crippen LogP contribution in [-0.4, -0.2) is 41.6 Å². The molecule has 1 atom stereocenters. The molecule has 0 saturated carbocycles. The Hall–Kier alpha value is -1.36. The minimum absolute atomic E-state index is 0.174. The minimum Gasteiger partial charge on any atom is -0.351 e. The zero-order valence-electron chi connectivity index (χ0n) is 11.8. The third-order valence-electron chi connectivity index (χ3n) is 3.70. The van der Waals surface area contributed by atoms with Gasteiger partial charge in [0, 0.05) is 25.2 Å². The third-order valence-corrected chi connectivity index (χ3v) is 3.70. The first-order valence-corrected chi connectivity index (χ1v) is 7.12.